The van der Waals surface area contributed by atoms with Gasteiger partial charge in [0, 0.05) is 17.6 Å². The molecule has 1 aliphatic rings. The van der Waals surface area contributed by atoms with Gasteiger partial charge in [-0.1, -0.05) is 15.9 Å². The number of aliphatic hydroxyl groups excluding tert-OH is 1. The van der Waals surface area contributed by atoms with Crippen LogP contribution in [-0.4, -0.2) is 46.3 Å². The van der Waals surface area contributed by atoms with E-state index >= 15 is 0 Å². The lowest BCUT2D eigenvalue weighted by atomic mass is 10.1. The van der Waals surface area contributed by atoms with E-state index in [1.54, 1.807) is 12.1 Å². The molecule has 7 heteroatoms. The highest BCUT2D eigenvalue weighted by Gasteiger charge is 2.23. The predicted molar refractivity (Wildman–Crippen MR) is 76.9 cm³/mol. The van der Waals surface area contributed by atoms with E-state index in [2.05, 4.69) is 21.2 Å². The summed E-state index contributed by atoms with van der Waals surface area (Å²) in [5.74, 6) is -1.11. The molecular formula is C13H15BrN2O4. The van der Waals surface area contributed by atoms with E-state index in [1.807, 2.05) is 0 Å². The van der Waals surface area contributed by atoms with Crippen molar-refractivity contribution in [2.75, 3.05) is 18.4 Å². The van der Waals surface area contributed by atoms with Gasteiger partial charge < -0.3 is 20.4 Å². The molecule has 0 saturated carbocycles. The number of β-amino-alcohol motifs (C(OH)–C–C–N with tert-alkyl or cyclic N) is 1. The highest BCUT2D eigenvalue weighted by molar-refractivity contribution is 9.10. The minimum absolute atomic E-state index is 0.0270. The van der Waals surface area contributed by atoms with Gasteiger partial charge in [-0.2, -0.15) is 0 Å². The van der Waals surface area contributed by atoms with E-state index in [0.717, 1.165) is 6.42 Å². The average molecular weight is 343 g/mol. The quantitative estimate of drug-likeness (QED) is 0.767. The van der Waals surface area contributed by atoms with Crippen LogP contribution in [0.5, 0.6) is 0 Å². The molecule has 2 amide bonds. The molecule has 0 radical (unpaired) electrons. The van der Waals surface area contributed by atoms with E-state index in [1.165, 1.54) is 11.0 Å². The van der Waals surface area contributed by atoms with Crippen LogP contribution in [0, 0.1) is 0 Å². The number of carbonyl (C=O) groups is 2. The van der Waals surface area contributed by atoms with Crippen molar-refractivity contribution in [3.05, 3.63) is 28.2 Å². The van der Waals surface area contributed by atoms with Crippen LogP contribution in [-0.2, 0) is 0 Å². The molecule has 6 nitrogen and oxygen atoms in total. The minimum atomic E-state index is -1.11. The zero-order valence-electron chi connectivity index (χ0n) is 10.7. The number of piperidine rings is 1. The Morgan fingerprint density at radius 3 is 2.80 bits per heavy atom. The summed E-state index contributed by atoms with van der Waals surface area (Å²) in [5.41, 5.74) is 0.260. The summed E-state index contributed by atoms with van der Waals surface area (Å²) < 4.78 is 0.677. The Hall–Kier alpha value is -1.60. The Morgan fingerprint density at radius 2 is 2.15 bits per heavy atom. The third kappa shape index (κ3) is 3.49. The highest BCUT2D eigenvalue weighted by atomic mass is 79.9. The summed E-state index contributed by atoms with van der Waals surface area (Å²) in [7, 11) is 0. The maximum Gasteiger partial charge on any atom is 0.337 e. The molecule has 0 spiro atoms. The van der Waals surface area contributed by atoms with Crippen molar-refractivity contribution in [2.24, 2.45) is 0 Å². The lowest BCUT2D eigenvalue weighted by molar-refractivity contribution is 0.0697. The fraction of sp³-hybridized carbons (Fsp3) is 0.385. The number of benzene rings is 1. The highest BCUT2D eigenvalue weighted by Crippen LogP contribution is 2.22. The molecule has 3 N–H and O–H groups in total. The zero-order chi connectivity index (χ0) is 14.7. The van der Waals surface area contributed by atoms with Gasteiger partial charge in [-0.3, -0.25) is 0 Å². The van der Waals surface area contributed by atoms with Crippen LogP contribution in [0.1, 0.15) is 23.2 Å². The molecule has 1 aromatic carbocycles. The van der Waals surface area contributed by atoms with Gasteiger partial charge in [-0.25, -0.2) is 9.59 Å². The molecule has 1 saturated heterocycles. The molecular weight excluding hydrogens is 328 g/mol. The second-order valence-corrected chi connectivity index (χ2v) is 5.58. The third-order valence-corrected chi connectivity index (χ3v) is 3.63. The van der Waals surface area contributed by atoms with Crippen LogP contribution >= 0.6 is 15.9 Å². The van der Waals surface area contributed by atoms with Crippen LogP contribution in [0.25, 0.3) is 0 Å². The first-order valence-electron chi connectivity index (χ1n) is 6.24. The van der Waals surface area contributed by atoms with Crippen molar-refractivity contribution in [3.63, 3.8) is 0 Å². The number of nitrogens with zero attached hydrogens (tertiary/aromatic N) is 1. The fourth-order valence-electron chi connectivity index (χ4n) is 2.14. The van der Waals surface area contributed by atoms with Crippen molar-refractivity contribution in [1.82, 2.24) is 4.90 Å². The van der Waals surface area contributed by atoms with E-state index in [0.29, 0.717) is 17.4 Å². The summed E-state index contributed by atoms with van der Waals surface area (Å²) in [6.07, 6.45) is 0.899. The van der Waals surface area contributed by atoms with Crippen LogP contribution in [0.15, 0.2) is 22.7 Å². The number of carboxylic acids is 1. The van der Waals surface area contributed by atoms with Gasteiger partial charge in [0.1, 0.15) is 0 Å². The molecule has 0 aliphatic carbocycles. The number of anilines is 1. The molecule has 0 bridgehead atoms. The van der Waals surface area contributed by atoms with Crippen LogP contribution < -0.4 is 5.32 Å². The number of aromatic carboxylic acids is 1. The summed E-state index contributed by atoms with van der Waals surface area (Å²) >= 11 is 3.24. The van der Waals surface area contributed by atoms with E-state index < -0.39 is 18.1 Å². The number of nitrogens with one attached hydrogen (secondary N) is 1. The molecule has 1 unspecified atom stereocenters. The van der Waals surface area contributed by atoms with Gasteiger partial charge in [0.05, 0.1) is 17.4 Å². The van der Waals surface area contributed by atoms with E-state index in [4.69, 9.17) is 5.11 Å². The topological polar surface area (TPSA) is 89.9 Å². The third-order valence-electron chi connectivity index (χ3n) is 3.14. The van der Waals surface area contributed by atoms with Crippen LogP contribution in [0.4, 0.5) is 10.5 Å². The van der Waals surface area contributed by atoms with E-state index in [-0.39, 0.29) is 17.8 Å². The van der Waals surface area contributed by atoms with Gasteiger partial charge in [0.25, 0.3) is 0 Å². The lowest BCUT2D eigenvalue weighted by Crippen LogP contribution is -2.44. The molecule has 2 rings (SSSR count). The first-order chi connectivity index (χ1) is 9.47. The van der Waals surface area contributed by atoms with Gasteiger partial charge in [0.15, 0.2) is 0 Å². The lowest BCUT2D eigenvalue weighted by Gasteiger charge is -2.30. The monoisotopic (exact) mass is 342 g/mol. The number of amides is 2. The Labute approximate surface area is 124 Å². The van der Waals surface area contributed by atoms with E-state index in [9.17, 15) is 14.7 Å². The Kier molecular flexibility index (Phi) is 4.61. The standard InChI is InChI=1S/C13H15BrN2O4/c14-8-3-4-10(12(18)19)11(6-8)15-13(20)16-5-1-2-9(17)7-16/h3-4,6,9,17H,1-2,5,7H2,(H,15,20)(H,18,19). The predicted octanol–water partition coefficient (Wildman–Crippen LogP) is 2.14. The fourth-order valence-corrected chi connectivity index (χ4v) is 2.50. The van der Waals surface area contributed by atoms with Crippen LogP contribution in [0.3, 0.4) is 0 Å². The Morgan fingerprint density at radius 1 is 1.40 bits per heavy atom. The van der Waals surface area contributed by atoms with Crippen molar-refractivity contribution < 1.29 is 19.8 Å². The second-order valence-electron chi connectivity index (χ2n) is 4.67. The number of urea groups is 1. The maximum absolute atomic E-state index is 12.1. The SMILES string of the molecule is O=C(O)c1ccc(Br)cc1NC(=O)N1CCCC(O)C1. The summed E-state index contributed by atoms with van der Waals surface area (Å²) in [6.45, 7) is 0.821. The number of likely N-dealkylation sites (tertiary alicyclic amines) is 1. The van der Waals surface area contributed by atoms with Crippen molar-refractivity contribution in [1.29, 1.82) is 0 Å². The summed E-state index contributed by atoms with van der Waals surface area (Å²) in [5, 5.41) is 21.2. The number of carbonyl (C=O) groups excluding carboxylic acids is 1. The molecule has 1 aromatic rings. The molecule has 1 heterocycles. The first kappa shape index (κ1) is 14.8. The molecule has 1 aliphatic heterocycles. The smallest absolute Gasteiger partial charge is 0.337 e. The molecule has 108 valence electrons. The normalized spacial score (nSPS) is 18.7. The minimum Gasteiger partial charge on any atom is -0.478 e. The molecule has 1 fully saturated rings. The Bertz CT molecular complexity index is 535. The van der Waals surface area contributed by atoms with Gasteiger partial charge >= 0.3 is 12.0 Å². The first-order valence-corrected chi connectivity index (χ1v) is 7.03. The number of rotatable bonds is 2. The van der Waals surface area contributed by atoms with Crippen LogP contribution in [0.2, 0.25) is 0 Å². The molecule has 20 heavy (non-hydrogen) atoms. The summed E-state index contributed by atoms with van der Waals surface area (Å²) in [4.78, 5) is 24.7. The van der Waals surface area contributed by atoms with Crippen molar-refractivity contribution in [2.45, 2.75) is 18.9 Å². The Balaban J connectivity index is 2.14. The zero-order valence-corrected chi connectivity index (χ0v) is 12.3. The number of carboxylic acid groups (broad SMARTS) is 1. The maximum atomic E-state index is 12.1. The number of hydrogen-bond donors (Lipinski definition) is 3. The summed E-state index contributed by atoms with van der Waals surface area (Å²) in [6, 6.07) is 4.17. The average Bonchev–Trinajstić information content (AvgIpc) is 2.38. The number of aliphatic hydroxyl groups is 1. The molecule has 1 atom stereocenters. The number of hydrogen-bond acceptors (Lipinski definition) is 3. The van der Waals surface area contributed by atoms with Gasteiger partial charge in [-0.15, -0.1) is 0 Å². The van der Waals surface area contributed by atoms with Gasteiger partial charge in [-0.05, 0) is 31.0 Å². The largest absolute Gasteiger partial charge is 0.478 e. The van der Waals surface area contributed by atoms with Crippen molar-refractivity contribution in [3.8, 4) is 0 Å². The number of halogens is 1. The van der Waals surface area contributed by atoms with Crippen molar-refractivity contribution >= 4 is 33.6 Å². The molecule has 0 aromatic heterocycles. The second kappa shape index (κ2) is 6.23. The van der Waals surface area contributed by atoms with Gasteiger partial charge in [0.2, 0.25) is 0 Å².